The second-order valence-electron chi connectivity index (χ2n) is 3.15. The molecule has 0 spiro atoms. The Labute approximate surface area is 104 Å². The lowest BCUT2D eigenvalue weighted by Crippen LogP contribution is -2.31. The number of carbonyl (C=O) groups is 1. The van der Waals surface area contributed by atoms with E-state index in [1.54, 1.807) is 6.92 Å². The van der Waals surface area contributed by atoms with Crippen LogP contribution in [0, 0.1) is 6.92 Å². The van der Waals surface area contributed by atoms with Crippen molar-refractivity contribution in [3.8, 4) is 0 Å². The molecule has 0 aromatic carbocycles. The van der Waals surface area contributed by atoms with Gasteiger partial charge >= 0.3 is 5.97 Å². The number of thiophene rings is 1. The fourth-order valence-electron chi connectivity index (χ4n) is 1.23. The van der Waals surface area contributed by atoms with Gasteiger partial charge in [0.1, 0.15) is 0 Å². The van der Waals surface area contributed by atoms with E-state index in [0.29, 0.717) is 4.88 Å². The minimum atomic E-state index is -1.79. The lowest BCUT2D eigenvalue weighted by molar-refractivity contribution is -0.149. The Kier molecular flexibility index (Phi) is 6.55. The minimum Gasteiger partial charge on any atom is -0.464 e. The minimum absolute atomic E-state index is 0. The Bertz CT molecular complexity index is 345. The molecule has 0 aliphatic heterocycles. The van der Waals surface area contributed by atoms with Crippen LogP contribution in [0.3, 0.4) is 0 Å². The summed E-state index contributed by atoms with van der Waals surface area (Å²) in [6, 6.07) is 0.918. The highest BCUT2D eigenvalue weighted by atomic mass is 35.5. The van der Waals surface area contributed by atoms with Crippen molar-refractivity contribution in [3.05, 3.63) is 21.9 Å². The quantitative estimate of drug-likeness (QED) is 0.852. The number of aryl methyl sites for hydroxylation is 1. The summed E-state index contributed by atoms with van der Waals surface area (Å²) in [5.41, 5.74) is 6.55. The van der Waals surface area contributed by atoms with Crippen LogP contribution < -0.4 is 5.73 Å². The summed E-state index contributed by atoms with van der Waals surface area (Å²) in [4.78, 5) is 11.8. The van der Waals surface area contributed by atoms with Crippen molar-refractivity contribution in [1.82, 2.24) is 0 Å². The van der Waals surface area contributed by atoms with E-state index in [4.69, 9.17) is 5.73 Å². The molecule has 92 valence electrons. The normalized spacial score (nSPS) is 13.8. The van der Waals surface area contributed by atoms with Crippen molar-refractivity contribution < 1.29 is 13.9 Å². The smallest absolute Gasteiger partial charge is 0.342 e. The van der Waals surface area contributed by atoms with Crippen LogP contribution in [0.5, 0.6) is 0 Å². The predicted octanol–water partition coefficient (Wildman–Crippen LogP) is 2.38. The molecule has 0 saturated heterocycles. The van der Waals surface area contributed by atoms with Crippen molar-refractivity contribution in [2.45, 2.75) is 26.1 Å². The summed E-state index contributed by atoms with van der Waals surface area (Å²) in [5, 5.41) is 1.82. The Hall–Kier alpha value is -0.650. The summed E-state index contributed by atoms with van der Waals surface area (Å²) < 4.78 is 18.1. The van der Waals surface area contributed by atoms with Gasteiger partial charge in [0.2, 0.25) is 6.17 Å². The highest BCUT2D eigenvalue weighted by Crippen LogP contribution is 2.26. The molecule has 2 N–H and O–H groups in total. The van der Waals surface area contributed by atoms with Gasteiger partial charge in [0.25, 0.3) is 0 Å². The third-order valence-corrected chi connectivity index (χ3v) is 3.15. The fourth-order valence-corrected chi connectivity index (χ4v) is 2.18. The first kappa shape index (κ1) is 15.3. The predicted molar refractivity (Wildman–Crippen MR) is 64.8 cm³/mol. The Balaban J connectivity index is 0.00000225. The number of hydrogen-bond donors (Lipinski definition) is 1. The molecule has 0 aliphatic rings. The van der Waals surface area contributed by atoms with Crippen molar-refractivity contribution in [2.75, 3.05) is 6.61 Å². The van der Waals surface area contributed by atoms with Gasteiger partial charge in [-0.25, -0.2) is 9.18 Å². The van der Waals surface area contributed by atoms with Gasteiger partial charge in [0, 0.05) is 4.88 Å². The number of esters is 1. The van der Waals surface area contributed by atoms with E-state index < -0.39 is 18.2 Å². The Morgan fingerprint density at radius 1 is 1.69 bits per heavy atom. The second-order valence-corrected chi connectivity index (χ2v) is 4.10. The molecule has 1 rings (SSSR count). The Morgan fingerprint density at radius 2 is 2.31 bits per heavy atom. The topological polar surface area (TPSA) is 52.3 Å². The van der Waals surface area contributed by atoms with E-state index in [0.717, 1.165) is 5.56 Å². The van der Waals surface area contributed by atoms with E-state index in [1.165, 1.54) is 11.3 Å². The SMILES string of the molecule is CCOC(=O)C(F)[C@@H](N)c1sccc1C.Cl. The van der Waals surface area contributed by atoms with Crippen LogP contribution >= 0.6 is 23.7 Å². The summed E-state index contributed by atoms with van der Waals surface area (Å²) in [7, 11) is 0. The average molecular weight is 268 g/mol. The van der Waals surface area contributed by atoms with E-state index >= 15 is 0 Å². The highest BCUT2D eigenvalue weighted by Gasteiger charge is 2.29. The zero-order valence-electron chi connectivity index (χ0n) is 9.10. The maximum Gasteiger partial charge on any atom is 0.342 e. The number of carbonyl (C=O) groups excluding carboxylic acids is 1. The maximum absolute atomic E-state index is 13.5. The van der Waals surface area contributed by atoms with Gasteiger partial charge < -0.3 is 10.5 Å². The van der Waals surface area contributed by atoms with E-state index in [9.17, 15) is 9.18 Å². The Morgan fingerprint density at radius 3 is 2.75 bits per heavy atom. The lowest BCUT2D eigenvalue weighted by atomic mass is 10.1. The molecule has 16 heavy (non-hydrogen) atoms. The van der Waals surface area contributed by atoms with Gasteiger partial charge in [-0.3, -0.25) is 0 Å². The molecule has 0 radical (unpaired) electrons. The highest BCUT2D eigenvalue weighted by molar-refractivity contribution is 7.10. The van der Waals surface area contributed by atoms with Crippen molar-refractivity contribution in [3.63, 3.8) is 0 Å². The molecule has 1 aromatic rings. The number of halogens is 2. The van der Waals surface area contributed by atoms with Gasteiger partial charge in [-0.05, 0) is 30.9 Å². The van der Waals surface area contributed by atoms with Gasteiger partial charge in [0.15, 0.2) is 0 Å². The maximum atomic E-state index is 13.5. The molecule has 0 fully saturated rings. The van der Waals surface area contributed by atoms with Crippen LogP contribution in [-0.2, 0) is 9.53 Å². The molecule has 0 saturated carbocycles. The van der Waals surface area contributed by atoms with Gasteiger partial charge in [-0.1, -0.05) is 0 Å². The van der Waals surface area contributed by atoms with E-state index in [-0.39, 0.29) is 19.0 Å². The largest absolute Gasteiger partial charge is 0.464 e. The third-order valence-electron chi connectivity index (χ3n) is 2.03. The van der Waals surface area contributed by atoms with Crippen molar-refractivity contribution in [2.24, 2.45) is 5.73 Å². The van der Waals surface area contributed by atoms with Gasteiger partial charge in [0.05, 0.1) is 12.6 Å². The van der Waals surface area contributed by atoms with Crippen molar-refractivity contribution in [1.29, 1.82) is 0 Å². The zero-order chi connectivity index (χ0) is 11.4. The molecule has 6 heteroatoms. The van der Waals surface area contributed by atoms with Crippen LogP contribution in [-0.4, -0.2) is 18.7 Å². The van der Waals surface area contributed by atoms with Crippen molar-refractivity contribution >= 4 is 29.7 Å². The second kappa shape index (κ2) is 6.83. The molecule has 0 bridgehead atoms. The number of hydrogen-bond acceptors (Lipinski definition) is 4. The number of rotatable bonds is 4. The van der Waals surface area contributed by atoms with Gasteiger partial charge in [-0.15, -0.1) is 23.7 Å². The van der Waals surface area contributed by atoms with Crippen LogP contribution in [0.15, 0.2) is 11.4 Å². The number of alkyl halides is 1. The van der Waals surface area contributed by atoms with Crippen LogP contribution in [0.25, 0.3) is 0 Å². The molecule has 0 aliphatic carbocycles. The van der Waals surface area contributed by atoms with Crippen LogP contribution in [0.4, 0.5) is 4.39 Å². The summed E-state index contributed by atoms with van der Waals surface area (Å²) in [6.07, 6.45) is -1.79. The molecule has 0 amide bonds. The zero-order valence-corrected chi connectivity index (χ0v) is 10.7. The van der Waals surface area contributed by atoms with Crippen LogP contribution in [0.2, 0.25) is 0 Å². The molecule has 3 nitrogen and oxygen atoms in total. The number of nitrogens with two attached hydrogens (primary N) is 1. The average Bonchev–Trinajstić information content (AvgIpc) is 2.62. The first-order valence-electron chi connectivity index (χ1n) is 4.68. The standard InChI is InChI=1S/C10H14FNO2S.ClH/c1-3-14-10(13)7(11)8(12)9-6(2)4-5-15-9;/h4-5,7-8H,3,12H2,1-2H3;1H/t7?,8-;/m1./s1. The van der Waals surface area contributed by atoms with E-state index in [2.05, 4.69) is 4.74 Å². The third kappa shape index (κ3) is 3.43. The number of ether oxygens (including phenoxy) is 1. The lowest BCUT2D eigenvalue weighted by Gasteiger charge is -2.14. The first-order valence-corrected chi connectivity index (χ1v) is 5.56. The molecule has 2 atom stereocenters. The fraction of sp³-hybridized carbons (Fsp3) is 0.500. The molecule has 1 heterocycles. The first-order chi connectivity index (χ1) is 7.07. The monoisotopic (exact) mass is 267 g/mol. The van der Waals surface area contributed by atoms with Crippen LogP contribution in [0.1, 0.15) is 23.4 Å². The van der Waals surface area contributed by atoms with E-state index in [1.807, 2.05) is 18.4 Å². The molecule has 1 aromatic heterocycles. The molecular weight excluding hydrogens is 253 g/mol. The summed E-state index contributed by atoms with van der Waals surface area (Å²) >= 11 is 1.35. The summed E-state index contributed by atoms with van der Waals surface area (Å²) in [5.74, 6) is -0.891. The molecular formula is C10H15ClFNO2S. The summed E-state index contributed by atoms with van der Waals surface area (Å²) in [6.45, 7) is 3.63. The van der Waals surface area contributed by atoms with Gasteiger partial charge in [-0.2, -0.15) is 0 Å². The molecule has 1 unspecified atom stereocenters.